The maximum absolute atomic E-state index is 12.2. The van der Waals surface area contributed by atoms with Gasteiger partial charge in [0.15, 0.2) is 0 Å². The Bertz CT molecular complexity index is 227. The molecule has 0 aliphatic rings. The number of hydrogen-bond acceptors (Lipinski definition) is 1. The molecule has 0 fully saturated rings. The van der Waals surface area contributed by atoms with Crippen molar-refractivity contribution in [2.45, 2.75) is 73.3 Å². The van der Waals surface area contributed by atoms with E-state index < -0.39 is 0 Å². The molecule has 16 heavy (non-hydrogen) atoms. The van der Waals surface area contributed by atoms with E-state index in [9.17, 15) is 4.79 Å². The van der Waals surface area contributed by atoms with Gasteiger partial charge in [-0.1, -0.05) is 48.5 Å². The topological polar surface area (TPSA) is 29.1 Å². The van der Waals surface area contributed by atoms with Crippen molar-refractivity contribution < 1.29 is 4.79 Å². The smallest absolute Gasteiger partial charge is 0.226 e. The highest BCUT2D eigenvalue weighted by molar-refractivity contribution is 5.82. The van der Waals surface area contributed by atoms with Crippen molar-refractivity contribution in [1.82, 2.24) is 5.32 Å². The molecule has 0 saturated carbocycles. The van der Waals surface area contributed by atoms with Gasteiger partial charge in [0.25, 0.3) is 0 Å². The molecule has 2 heteroatoms. The van der Waals surface area contributed by atoms with Crippen molar-refractivity contribution in [1.29, 1.82) is 0 Å². The molecular formula is C14H29NO. The molecule has 1 N–H and O–H groups in total. The minimum atomic E-state index is -0.259. The number of nitrogens with one attached hydrogen (secondary N) is 1. The lowest BCUT2D eigenvalue weighted by Gasteiger charge is -2.39. The predicted molar refractivity (Wildman–Crippen MR) is 70.4 cm³/mol. The summed E-state index contributed by atoms with van der Waals surface area (Å²) < 4.78 is 0. The summed E-state index contributed by atoms with van der Waals surface area (Å²) in [6.07, 6.45) is 2.86. The monoisotopic (exact) mass is 227 g/mol. The van der Waals surface area contributed by atoms with Crippen LogP contribution in [0.15, 0.2) is 0 Å². The van der Waals surface area contributed by atoms with Gasteiger partial charge in [0, 0.05) is 11.0 Å². The molecule has 0 heterocycles. The molecule has 0 atom stereocenters. The number of carbonyl (C=O) groups is 1. The van der Waals surface area contributed by atoms with Crippen LogP contribution < -0.4 is 5.32 Å². The molecule has 0 unspecified atom stereocenters. The fourth-order valence-electron chi connectivity index (χ4n) is 1.94. The normalized spacial score (nSPS) is 13.0. The van der Waals surface area contributed by atoms with Crippen molar-refractivity contribution in [3.63, 3.8) is 0 Å². The fourth-order valence-corrected chi connectivity index (χ4v) is 1.94. The molecule has 0 spiro atoms. The van der Waals surface area contributed by atoms with Crippen LogP contribution in [0.25, 0.3) is 0 Å². The minimum Gasteiger partial charge on any atom is -0.350 e. The first-order valence-electron chi connectivity index (χ1n) is 6.58. The fraction of sp³-hybridized carbons (Fsp3) is 0.929. The first kappa shape index (κ1) is 15.5. The third-order valence-electron chi connectivity index (χ3n) is 4.23. The quantitative estimate of drug-likeness (QED) is 0.735. The molecule has 0 aromatic heterocycles. The highest BCUT2D eigenvalue weighted by atomic mass is 16.2. The Morgan fingerprint density at radius 1 is 1.06 bits per heavy atom. The molecule has 0 bridgehead atoms. The average Bonchev–Trinajstić information content (AvgIpc) is 2.25. The van der Waals surface area contributed by atoms with E-state index in [0.29, 0.717) is 5.92 Å². The first-order chi connectivity index (χ1) is 7.25. The van der Waals surface area contributed by atoms with Crippen molar-refractivity contribution in [3.05, 3.63) is 0 Å². The summed E-state index contributed by atoms with van der Waals surface area (Å²) in [5.74, 6) is 0.659. The highest BCUT2D eigenvalue weighted by Crippen LogP contribution is 2.28. The van der Waals surface area contributed by atoms with E-state index in [0.717, 1.165) is 19.3 Å². The number of hydrogen-bond donors (Lipinski definition) is 1. The summed E-state index contributed by atoms with van der Waals surface area (Å²) in [5, 5.41) is 3.28. The second-order valence-electron chi connectivity index (χ2n) is 5.71. The SMILES string of the molecule is CCC(C)(C)C(=O)NC(CC)(CC)C(C)C. The third-order valence-corrected chi connectivity index (χ3v) is 4.23. The molecule has 0 aliphatic heterocycles. The number of rotatable bonds is 6. The summed E-state index contributed by atoms with van der Waals surface area (Å²) in [7, 11) is 0. The second kappa shape index (κ2) is 5.70. The maximum Gasteiger partial charge on any atom is 0.226 e. The molecule has 0 aliphatic carbocycles. The molecule has 0 rings (SSSR count). The van der Waals surface area contributed by atoms with Gasteiger partial charge in [0.1, 0.15) is 0 Å². The van der Waals surface area contributed by atoms with Crippen molar-refractivity contribution in [2.75, 3.05) is 0 Å². The largest absolute Gasteiger partial charge is 0.350 e. The van der Waals surface area contributed by atoms with Gasteiger partial charge >= 0.3 is 0 Å². The predicted octanol–water partition coefficient (Wildman–Crippen LogP) is 3.75. The van der Waals surface area contributed by atoms with E-state index in [4.69, 9.17) is 0 Å². The van der Waals surface area contributed by atoms with Crippen LogP contribution >= 0.6 is 0 Å². The minimum absolute atomic E-state index is 0.0382. The van der Waals surface area contributed by atoms with Crippen molar-refractivity contribution >= 4 is 5.91 Å². The Morgan fingerprint density at radius 2 is 1.50 bits per heavy atom. The summed E-state index contributed by atoms with van der Waals surface area (Å²) >= 11 is 0. The Morgan fingerprint density at radius 3 is 1.75 bits per heavy atom. The van der Waals surface area contributed by atoms with Gasteiger partial charge in [-0.2, -0.15) is 0 Å². The van der Waals surface area contributed by atoms with E-state index >= 15 is 0 Å². The number of carbonyl (C=O) groups excluding carboxylic acids is 1. The summed E-state index contributed by atoms with van der Waals surface area (Å²) in [6.45, 7) is 14.8. The lowest BCUT2D eigenvalue weighted by molar-refractivity contribution is -0.132. The zero-order valence-corrected chi connectivity index (χ0v) is 12.1. The molecule has 1 amide bonds. The third kappa shape index (κ3) is 3.23. The first-order valence-corrected chi connectivity index (χ1v) is 6.58. The standard InChI is InChI=1S/C14H29NO/c1-8-13(6,7)12(16)15-14(9-2,10-3)11(4)5/h11H,8-10H2,1-7H3,(H,15,16). The van der Waals surface area contributed by atoms with E-state index in [1.165, 1.54) is 0 Å². The lowest BCUT2D eigenvalue weighted by Crippen LogP contribution is -2.54. The molecule has 0 aromatic carbocycles. The zero-order chi connectivity index (χ0) is 13.0. The van der Waals surface area contributed by atoms with Gasteiger partial charge in [0.2, 0.25) is 5.91 Å². The molecular weight excluding hydrogens is 198 g/mol. The molecule has 2 nitrogen and oxygen atoms in total. The van der Waals surface area contributed by atoms with Crippen LogP contribution in [0.1, 0.15) is 67.7 Å². The number of amides is 1. The molecule has 0 radical (unpaired) electrons. The van der Waals surface area contributed by atoms with Crippen LogP contribution in [0, 0.1) is 11.3 Å². The van der Waals surface area contributed by atoms with Crippen molar-refractivity contribution in [3.8, 4) is 0 Å². The van der Waals surface area contributed by atoms with Gasteiger partial charge in [-0.05, 0) is 25.2 Å². The van der Waals surface area contributed by atoms with Gasteiger partial charge in [-0.15, -0.1) is 0 Å². The van der Waals surface area contributed by atoms with Gasteiger partial charge in [-0.25, -0.2) is 0 Å². The lowest BCUT2D eigenvalue weighted by atomic mass is 9.79. The Hall–Kier alpha value is -0.530. The van der Waals surface area contributed by atoms with Gasteiger partial charge in [-0.3, -0.25) is 4.79 Å². The maximum atomic E-state index is 12.2. The summed E-state index contributed by atoms with van der Waals surface area (Å²) in [4.78, 5) is 12.2. The molecule has 96 valence electrons. The highest BCUT2D eigenvalue weighted by Gasteiger charge is 2.36. The van der Waals surface area contributed by atoms with E-state index in [2.05, 4.69) is 39.9 Å². The van der Waals surface area contributed by atoms with Gasteiger partial charge in [0.05, 0.1) is 0 Å². The van der Waals surface area contributed by atoms with Crippen LogP contribution in [0.4, 0.5) is 0 Å². The van der Waals surface area contributed by atoms with Crippen LogP contribution in [-0.2, 0) is 4.79 Å². The Labute approximate surface area is 101 Å². The van der Waals surface area contributed by atoms with Crippen LogP contribution in [0.5, 0.6) is 0 Å². The summed E-state index contributed by atoms with van der Waals surface area (Å²) in [5.41, 5.74) is -0.298. The Kier molecular flexibility index (Phi) is 5.51. The second-order valence-corrected chi connectivity index (χ2v) is 5.71. The van der Waals surface area contributed by atoms with E-state index in [1.54, 1.807) is 0 Å². The van der Waals surface area contributed by atoms with Crippen LogP contribution in [0.3, 0.4) is 0 Å². The van der Waals surface area contributed by atoms with E-state index in [1.807, 2.05) is 13.8 Å². The van der Waals surface area contributed by atoms with Crippen LogP contribution in [-0.4, -0.2) is 11.4 Å². The Balaban J connectivity index is 4.84. The van der Waals surface area contributed by atoms with Crippen LogP contribution in [0.2, 0.25) is 0 Å². The summed E-state index contributed by atoms with van der Waals surface area (Å²) in [6, 6.07) is 0. The molecule has 0 saturated heterocycles. The average molecular weight is 227 g/mol. The van der Waals surface area contributed by atoms with Crippen molar-refractivity contribution in [2.24, 2.45) is 11.3 Å². The van der Waals surface area contributed by atoms with Gasteiger partial charge < -0.3 is 5.32 Å². The molecule has 0 aromatic rings. The zero-order valence-electron chi connectivity index (χ0n) is 12.1. The van der Waals surface area contributed by atoms with E-state index in [-0.39, 0.29) is 16.9 Å².